The number of hydrogen-bond acceptors (Lipinski definition) is 5. The Morgan fingerprint density at radius 1 is 1.29 bits per heavy atom. The summed E-state index contributed by atoms with van der Waals surface area (Å²) in [6.07, 6.45) is 9.33. The van der Waals surface area contributed by atoms with E-state index in [1.54, 1.807) is 30.8 Å². The van der Waals surface area contributed by atoms with Gasteiger partial charge >= 0.3 is 5.97 Å². The Morgan fingerprint density at radius 2 is 2.00 bits per heavy atom. The summed E-state index contributed by atoms with van der Waals surface area (Å²) in [6, 6.07) is 0. The summed E-state index contributed by atoms with van der Waals surface area (Å²) >= 11 is 1.59. The molecule has 0 fully saturated rings. The van der Waals surface area contributed by atoms with Crippen LogP contribution in [0.4, 0.5) is 0 Å². The standard InChI is InChI=1S/C19H27NO3S/c1-6-9-16(5)17(7-2)12-15(4)13-24-14-18(23-20)10-11-19(21)22-8-3/h6-7,9-10,12H,2,4-5,8,11,13-14,20H2,1,3H3/b9-6-,17-12-,18-10-. The second-order valence-electron chi connectivity index (χ2n) is 4.78. The largest absolute Gasteiger partial charge is 0.466 e. The SMILES string of the molecule is C=C/C(=C/C(=C)CSC/C(=C/CC(=O)OCC)ON)C(=C)/C=C\C. The first kappa shape index (κ1) is 22.0. The molecule has 0 radical (unpaired) electrons. The van der Waals surface area contributed by atoms with Gasteiger partial charge in [-0.3, -0.25) is 4.79 Å². The van der Waals surface area contributed by atoms with Gasteiger partial charge < -0.3 is 9.57 Å². The minimum Gasteiger partial charge on any atom is -0.466 e. The van der Waals surface area contributed by atoms with Gasteiger partial charge in [0.2, 0.25) is 0 Å². The maximum atomic E-state index is 11.3. The number of carbonyl (C=O) groups excluding carboxylic acids is 1. The predicted molar refractivity (Wildman–Crippen MR) is 103 cm³/mol. The number of allylic oxidation sites excluding steroid dienone is 6. The first-order chi connectivity index (χ1) is 11.5. The van der Waals surface area contributed by atoms with Gasteiger partial charge in [-0.1, -0.05) is 44.0 Å². The van der Waals surface area contributed by atoms with Crippen molar-refractivity contribution in [1.82, 2.24) is 0 Å². The molecule has 0 saturated carbocycles. The van der Waals surface area contributed by atoms with Crippen molar-refractivity contribution in [3.63, 3.8) is 0 Å². The number of thioether (sulfide) groups is 1. The molecule has 0 saturated heterocycles. The van der Waals surface area contributed by atoms with E-state index in [9.17, 15) is 4.79 Å². The summed E-state index contributed by atoms with van der Waals surface area (Å²) in [7, 11) is 0. The topological polar surface area (TPSA) is 61.5 Å². The minimum atomic E-state index is -0.303. The van der Waals surface area contributed by atoms with Gasteiger partial charge in [-0.15, -0.1) is 11.8 Å². The van der Waals surface area contributed by atoms with Crippen molar-refractivity contribution in [2.45, 2.75) is 20.3 Å². The van der Waals surface area contributed by atoms with Gasteiger partial charge in [0.15, 0.2) is 0 Å². The normalized spacial score (nSPS) is 12.1. The molecule has 0 bridgehead atoms. The average molecular weight is 349 g/mol. The third kappa shape index (κ3) is 9.92. The first-order valence-electron chi connectivity index (χ1n) is 7.61. The van der Waals surface area contributed by atoms with Gasteiger partial charge in [0, 0.05) is 5.75 Å². The van der Waals surface area contributed by atoms with Crippen molar-refractivity contribution in [1.29, 1.82) is 0 Å². The first-order valence-corrected chi connectivity index (χ1v) is 8.76. The third-order valence-electron chi connectivity index (χ3n) is 2.80. The van der Waals surface area contributed by atoms with Crippen LogP contribution in [0.25, 0.3) is 0 Å². The second kappa shape index (κ2) is 13.5. The van der Waals surface area contributed by atoms with Gasteiger partial charge in [-0.25, -0.2) is 0 Å². The summed E-state index contributed by atoms with van der Waals surface area (Å²) in [5.41, 5.74) is 2.76. The molecule has 0 aromatic rings. The number of ether oxygens (including phenoxy) is 1. The monoisotopic (exact) mass is 349 g/mol. The Hall–Kier alpha value is -1.98. The second-order valence-corrected chi connectivity index (χ2v) is 5.76. The Morgan fingerprint density at radius 3 is 2.54 bits per heavy atom. The summed E-state index contributed by atoms with van der Waals surface area (Å²) in [4.78, 5) is 16.1. The van der Waals surface area contributed by atoms with Crippen LogP contribution in [0.5, 0.6) is 0 Å². The highest BCUT2D eigenvalue weighted by Gasteiger charge is 2.04. The Kier molecular flexibility index (Phi) is 12.3. The highest BCUT2D eigenvalue weighted by atomic mass is 32.2. The summed E-state index contributed by atoms with van der Waals surface area (Å²) in [6.45, 7) is 15.9. The van der Waals surface area contributed by atoms with Crippen LogP contribution in [0.2, 0.25) is 0 Å². The zero-order valence-electron chi connectivity index (χ0n) is 14.5. The van der Waals surface area contributed by atoms with Crippen molar-refractivity contribution >= 4 is 17.7 Å². The molecule has 4 nitrogen and oxygen atoms in total. The van der Waals surface area contributed by atoms with Crippen molar-refractivity contribution in [3.05, 3.63) is 72.6 Å². The van der Waals surface area contributed by atoms with Crippen LogP contribution in [-0.4, -0.2) is 24.1 Å². The lowest BCUT2D eigenvalue weighted by Gasteiger charge is -2.07. The molecule has 5 heteroatoms. The van der Waals surface area contributed by atoms with E-state index < -0.39 is 0 Å². The molecule has 0 aliphatic carbocycles. The van der Waals surface area contributed by atoms with Gasteiger partial charge in [-0.05, 0) is 36.6 Å². The number of carbonyl (C=O) groups is 1. The number of esters is 1. The van der Waals surface area contributed by atoms with Gasteiger partial charge in [-0.2, -0.15) is 5.90 Å². The van der Waals surface area contributed by atoms with E-state index in [1.165, 1.54) is 0 Å². The van der Waals surface area contributed by atoms with Crippen LogP contribution >= 0.6 is 11.8 Å². The fourth-order valence-corrected chi connectivity index (χ4v) is 2.52. The number of nitrogens with two attached hydrogens (primary N) is 1. The van der Waals surface area contributed by atoms with Crippen molar-refractivity contribution < 1.29 is 14.4 Å². The van der Waals surface area contributed by atoms with E-state index in [1.807, 2.05) is 25.2 Å². The molecule has 0 aliphatic heterocycles. The molecule has 0 aromatic carbocycles. The summed E-state index contributed by atoms with van der Waals surface area (Å²) in [5, 5.41) is 0. The maximum absolute atomic E-state index is 11.3. The van der Waals surface area contributed by atoms with Gasteiger partial charge in [0.05, 0.1) is 18.8 Å². The summed E-state index contributed by atoms with van der Waals surface area (Å²) in [5.74, 6) is 6.69. The van der Waals surface area contributed by atoms with E-state index in [4.69, 9.17) is 15.5 Å². The van der Waals surface area contributed by atoms with Crippen LogP contribution < -0.4 is 5.90 Å². The zero-order valence-corrected chi connectivity index (χ0v) is 15.4. The van der Waals surface area contributed by atoms with Crippen molar-refractivity contribution in [2.75, 3.05) is 18.1 Å². The lowest BCUT2D eigenvalue weighted by molar-refractivity contribution is -0.142. The molecule has 0 atom stereocenters. The van der Waals surface area contributed by atoms with Crippen LogP contribution in [0, 0.1) is 0 Å². The average Bonchev–Trinajstić information content (AvgIpc) is 2.56. The fraction of sp³-hybridized carbons (Fsp3) is 0.316. The van der Waals surface area contributed by atoms with Gasteiger partial charge in [0.25, 0.3) is 0 Å². The van der Waals surface area contributed by atoms with Crippen LogP contribution in [0.1, 0.15) is 20.3 Å². The number of rotatable bonds is 12. The van der Waals surface area contributed by atoms with E-state index in [0.717, 1.165) is 16.7 Å². The Labute approximate surface area is 149 Å². The minimum absolute atomic E-state index is 0.144. The van der Waals surface area contributed by atoms with Crippen LogP contribution in [-0.2, 0) is 14.4 Å². The van der Waals surface area contributed by atoms with Gasteiger partial charge in [0.1, 0.15) is 5.76 Å². The molecule has 0 amide bonds. The van der Waals surface area contributed by atoms with E-state index in [-0.39, 0.29) is 12.4 Å². The molecule has 0 aromatic heterocycles. The molecule has 0 spiro atoms. The van der Waals surface area contributed by atoms with Crippen LogP contribution in [0.15, 0.2) is 72.6 Å². The van der Waals surface area contributed by atoms with Crippen LogP contribution in [0.3, 0.4) is 0 Å². The maximum Gasteiger partial charge on any atom is 0.309 e. The Bertz CT molecular complexity index is 545. The van der Waals surface area contributed by atoms with Crippen molar-refractivity contribution in [3.8, 4) is 0 Å². The molecule has 132 valence electrons. The molecular formula is C19H27NO3S. The lowest BCUT2D eigenvalue weighted by atomic mass is 10.1. The van der Waals surface area contributed by atoms with E-state index in [2.05, 4.69) is 19.7 Å². The molecule has 0 unspecified atom stereocenters. The zero-order chi connectivity index (χ0) is 18.4. The fourth-order valence-electron chi connectivity index (χ4n) is 1.68. The summed E-state index contributed by atoms with van der Waals surface area (Å²) < 4.78 is 4.85. The van der Waals surface area contributed by atoms with E-state index >= 15 is 0 Å². The predicted octanol–water partition coefficient (Wildman–Crippen LogP) is 4.25. The Balaban J connectivity index is 4.48. The highest BCUT2D eigenvalue weighted by Crippen LogP contribution is 2.17. The molecule has 0 aliphatic rings. The smallest absolute Gasteiger partial charge is 0.309 e. The quantitative estimate of drug-likeness (QED) is 0.247. The number of hydrogen-bond donors (Lipinski definition) is 1. The molecule has 0 rings (SSSR count). The lowest BCUT2D eigenvalue weighted by Crippen LogP contribution is -2.06. The van der Waals surface area contributed by atoms with Crippen molar-refractivity contribution in [2.24, 2.45) is 5.90 Å². The highest BCUT2D eigenvalue weighted by molar-refractivity contribution is 7.99. The molecule has 2 N–H and O–H groups in total. The molecular weight excluding hydrogens is 322 g/mol. The van der Waals surface area contributed by atoms with E-state index in [0.29, 0.717) is 23.9 Å². The molecule has 24 heavy (non-hydrogen) atoms. The third-order valence-corrected chi connectivity index (χ3v) is 3.87. The molecule has 0 heterocycles.